The summed E-state index contributed by atoms with van der Waals surface area (Å²) in [6, 6.07) is 15.6. The van der Waals surface area contributed by atoms with E-state index in [0.717, 1.165) is 4.31 Å². The topological polar surface area (TPSA) is 101 Å². The van der Waals surface area contributed by atoms with Gasteiger partial charge in [-0.3, -0.25) is 9.10 Å². The standard InChI is InChI=1S/C20H18ClN3O5S/c1-28-19-10-9-15(21)12-18(19)24(30(26,27)17-7-3-2-4-8-17)14-20(25)23-22-13-16-6-5-11-29-16/h2-13H,14H2,1H3,(H,23,25)/b22-13-. The van der Waals surface area contributed by atoms with Gasteiger partial charge in [0.05, 0.1) is 30.2 Å². The van der Waals surface area contributed by atoms with Gasteiger partial charge in [0.25, 0.3) is 15.9 Å². The average molecular weight is 448 g/mol. The number of hydrazone groups is 1. The lowest BCUT2D eigenvalue weighted by atomic mass is 10.3. The molecule has 156 valence electrons. The van der Waals surface area contributed by atoms with E-state index in [4.69, 9.17) is 20.8 Å². The lowest BCUT2D eigenvalue weighted by Gasteiger charge is -2.25. The van der Waals surface area contributed by atoms with Crippen molar-refractivity contribution in [2.75, 3.05) is 18.0 Å². The van der Waals surface area contributed by atoms with Crippen molar-refractivity contribution in [3.63, 3.8) is 0 Å². The number of carbonyl (C=O) groups is 1. The predicted octanol–water partition coefficient (Wildman–Crippen LogP) is 3.29. The summed E-state index contributed by atoms with van der Waals surface area (Å²) in [5, 5.41) is 4.07. The van der Waals surface area contributed by atoms with Crippen LogP contribution in [0.3, 0.4) is 0 Å². The zero-order valence-corrected chi connectivity index (χ0v) is 17.4. The molecule has 0 aliphatic rings. The molecule has 0 radical (unpaired) electrons. The molecule has 1 aromatic heterocycles. The van der Waals surface area contributed by atoms with E-state index in [1.165, 1.54) is 43.9 Å². The second-order valence-electron chi connectivity index (χ2n) is 5.95. The second-order valence-corrected chi connectivity index (χ2v) is 8.25. The van der Waals surface area contributed by atoms with Crippen molar-refractivity contribution in [3.05, 3.63) is 77.7 Å². The molecule has 0 fully saturated rings. The summed E-state index contributed by atoms with van der Waals surface area (Å²) < 4.78 is 37.9. The molecule has 1 heterocycles. The van der Waals surface area contributed by atoms with E-state index in [1.54, 1.807) is 36.4 Å². The maximum atomic E-state index is 13.3. The van der Waals surface area contributed by atoms with Crippen LogP contribution in [0, 0.1) is 0 Å². The molecular formula is C20H18ClN3O5S. The first kappa shape index (κ1) is 21.4. The number of carbonyl (C=O) groups excluding carboxylic acids is 1. The summed E-state index contributed by atoms with van der Waals surface area (Å²) in [6.45, 7) is -0.552. The molecule has 0 aliphatic carbocycles. The first-order valence-corrected chi connectivity index (χ1v) is 10.5. The van der Waals surface area contributed by atoms with Crippen LogP contribution in [0.4, 0.5) is 5.69 Å². The molecule has 0 saturated heterocycles. The molecule has 1 amide bonds. The van der Waals surface area contributed by atoms with Crippen molar-refractivity contribution in [3.8, 4) is 5.75 Å². The smallest absolute Gasteiger partial charge is 0.264 e. The molecule has 0 atom stereocenters. The Kier molecular flexibility index (Phi) is 6.76. The monoisotopic (exact) mass is 447 g/mol. The Morgan fingerprint density at radius 1 is 1.20 bits per heavy atom. The fraction of sp³-hybridized carbons (Fsp3) is 0.100. The van der Waals surface area contributed by atoms with Gasteiger partial charge in [-0.2, -0.15) is 5.10 Å². The predicted molar refractivity (Wildman–Crippen MR) is 113 cm³/mol. The van der Waals surface area contributed by atoms with E-state index in [1.807, 2.05) is 0 Å². The summed E-state index contributed by atoms with van der Waals surface area (Å²) in [4.78, 5) is 12.5. The normalized spacial score (nSPS) is 11.4. The highest BCUT2D eigenvalue weighted by atomic mass is 35.5. The fourth-order valence-corrected chi connectivity index (χ4v) is 4.19. The summed E-state index contributed by atoms with van der Waals surface area (Å²) in [5.74, 6) is 0.00528. The minimum atomic E-state index is -4.10. The van der Waals surface area contributed by atoms with Crippen LogP contribution in [0.5, 0.6) is 5.75 Å². The number of rotatable bonds is 8. The highest BCUT2D eigenvalue weighted by molar-refractivity contribution is 7.92. The van der Waals surface area contributed by atoms with Crippen LogP contribution < -0.4 is 14.5 Å². The van der Waals surface area contributed by atoms with Crippen molar-refractivity contribution in [1.29, 1.82) is 0 Å². The molecule has 2 aromatic carbocycles. The Hall–Kier alpha value is -3.30. The SMILES string of the molecule is COc1ccc(Cl)cc1N(CC(=O)N/N=C\c1ccco1)S(=O)(=O)c1ccccc1. The van der Waals surface area contributed by atoms with Crippen LogP contribution in [-0.4, -0.2) is 34.2 Å². The Labute approximate surface area is 178 Å². The van der Waals surface area contributed by atoms with E-state index in [0.29, 0.717) is 5.76 Å². The number of furan rings is 1. The number of nitrogens with one attached hydrogen (secondary N) is 1. The average Bonchev–Trinajstić information content (AvgIpc) is 3.26. The number of benzene rings is 2. The zero-order chi connectivity index (χ0) is 21.6. The maximum Gasteiger partial charge on any atom is 0.264 e. The molecule has 0 bridgehead atoms. The molecular weight excluding hydrogens is 430 g/mol. The van der Waals surface area contributed by atoms with Gasteiger partial charge >= 0.3 is 0 Å². The van der Waals surface area contributed by atoms with Crippen LogP contribution in [0.25, 0.3) is 0 Å². The van der Waals surface area contributed by atoms with Gasteiger partial charge in [0.1, 0.15) is 18.1 Å². The summed E-state index contributed by atoms with van der Waals surface area (Å²) in [5.41, 5.74) is 2.41. The number of ether oxygens (including phenoxy) is 1. The fourth-order valence-electron chi connectivity index (χ4n) is 2.58. The van der Waals surface area contributed by atoms with Crippen molar-refractivity contribution >= 4 is 39.4 Å². The molecule has 0 unspecified atom stereocenters. The van der Waals surface area contributed by atoms with Crippen molar-refractivity contribution in [2.24, 2.45) is 5.10 Å². The van der Waals surface area contributed by atoms with Crippen LogP contribution in [0.1, 0.15) is 5.76 Å². The van der Waals surface area contributed by atoms with Crippen molar-refractivity contribution in [2.45, 2.75) is 4.90 Å². The summed E-state index contributed by atoms with van der Waals surface area (Å²) in [7, 11) is -2.71. The molecule has 0 aliphatic heterocycles. The Morgan fingerprint density at radius 3 is 2.63 bits per heavy atom. The third-order valence-corrected chi connectivity index (χ3v) is 5.96. The highest BCUT2D eigenvalue weighted by Crippen LogP contribution is 2.34. The minimum Gasteiger partial charge on any atom is -0.495 e. The number of sulfonamides is 1. The van der Waals surface area contributed by atoms with Crippen LogP contribution >= 0.6 is 11.6 Å². The van der Waals surface area contributed by atoms with Gasteiger partial charge in [0.2, 0.25) is 0 Å². The van der Waals surface area contributed by atoms with Crippen LogP contribution in [0.2, 0.25) is 5.02 Å². The number of hydrogen-bond acceptors (Lipinski definition) is 6. The molecule has 0 saturated carbocycles. The van der Waals surface area contributed by atoms with Gasteiger partial charge < -0.3 is 9.15 Å². The van der Waals surface area contributed by atoms with Gasteiger partial charge in [0.15, 0.2) is 0 Å². The van der Waals surface area contributed by atoms with Crippen LogP contribution in [-0.2, 0) is 14.8 Å². The molecule has 3 rings (SSSR count). The van der Waals surface area contributed by atoms with E-state index in [9.17, 15) is 13.2 Å². The molecule has 3 aromatic rings. The van der Waals surface area contributed by atoms with Gasteiger partial charge in [-0.1, -0.05) is 29.8 Å². The first-order chi connectivity index (χ1) is 14.4. The van der Waals surface area contributed by atoms with E-state index in [2.05, 4.69) is 10.5 Å². The number of halogens is 1. The third kappa shape index (κ3) is 5.00. The number of hydrogen-bond donors (Lipinski definition) is 1. The summed E-state index contributed by atoms with van der Waals surface area (Å²) >= 11 is 6.08. The largest absolute Gasteiger partial charge is 0.495 e. The molecule has 0 spiro atoms. The van der Waals surface area contributed by atoms with E-state index < -0.39 is 22.5 Å². The first-order valence-electron chi connectivity index (χ1n) is 8.68. The van der Waals surface area contributed by atoms with Gasteiger partial charge in [-0.15, -0.1) is 0 Å². The zero-order valence-electron chi connectivity index (χ0n) is 15.9. The lowest BCUT2D eigenvalue weighted by Crippen LogP contribution is -2.39. The summed E-state index contributed by atoms with van der Waals surface area (Å²) in [6.07, 6.45) is 2.76. The molecule has 1 N–H and O–H groups in total. The van der Waals surface area contributed by atoms with E-state index >= 15 is 0 Å². The van der Waals surface area contributed by atoms with Gasteiger partial charge in [0, 0.05) is 5.02 Å². The Bertz CT molecular complexity index is 1130. The quantitative estimate of drug-likeness (QED) is 0.421. The molecule has 8 nitrogen and oxygen atoms in total. The van der Waals surface area contributed by atoms with Crippen LogP contribution in [0.15, 0.2) is 81.3 Å². The van der Waals surface area contributed by atoms with Gasteiger partial charge in [-0.05, 0) is 42.5 Å². The second kappa shape index (κ2) is 9.47. The van der Waals surface area contributed by atoms with E-state index in [-0.39, 0.29) is 21.4 Å². The third-order valence-electron chi connectivity index (χ3n) is 3.95. The number of amides is 1. The Balaban J connectivity index is 1.94. The lowest BCUT2D eigenvalue weighted by molar-refractivity contribution is -0.119. The van der Waals surface area contributed by atoms with Crippen molar-refractivity contribution < 1.29 is 22.4 Å². The number of anilines is 1. The number of methoxy groups -OCH3 is 1. The van der Waals surface area contributed by atoms with Gasteiger partial charge in [-0.25, -0.2) is 13.8 Å². The Morgan fingerprint density at radius 2 is 1.97 bits per heavy atom. The molecule has 10 heteroatoms. The maximum absolute atomic E-state index is 13.3. The molecule has 30 heavy (non-hydrogen) atoms. The highest BCUT2D eigenvalue weighted by Gasteiger charge is 2.29. The van der Waals surface area contributed by atoms with Crippen molar-refractivity contribution in [1.82, 2.24) is 5.43 Å². The number of nitrogens with zero attached hydrogens (tertiary/aromatic N) is 2. The minimum absolute atomic E-state index is 0.0129.